The lowest BCUT2D eigenvalue weighted by Gasteiger charge is -2.10. The van der Waals surface area contributed by atoms with Gasteiger partial charge in [0, 0.05) is 23.1 Å². The number of fused-ring (bicyclic) bond motifs is 1. The summed E-state index contributed by atoms with van der Waals surface area (Å²) in [6.07, 6.45) is 0.775. The number of benzene rings is 5. The summed E-state index contributed by atoms with van der Waals surface area (Å²) in [7, 11) is 0. The van der Waals surface area contributed by atoms with Crippen molar-refractivity contribution in [3.8, 4) is 22.3 Å². The van der Waals surface area contributed by atoms with Crippen molar-refractivity contribution in [3.63, 3.8) is 0 Å². The molecule has 0 amide bonds. The molecule has 0 heterocycles. The normalized spacial score (nSPS) is 14.7. The Balaban J connectivity index is 1.43. The van der Waals surface area contributed by atoms with Crippen molar-refractivity contribution in [2.75, 3.05) is 0 Å². The fraction of sp³-hybridized carbons (Fsp3) is 0.0811. The van der Waals surface area contributed by atoms with Crippen molar-refractivity contribution in [3.05, 3.63) is 161 Å². The summed E-state index contributed by atoms with van der Waals surface area (Å²) in [6.45, 7) is 6.75. The van der Waals surface area contributed by atoms with Crippen molar-refractivity contribution in [1.29, 1.82) is 0 Å². The second-order valence-corrected chi connectivity index (χ2v) is 10.00. The van der Waals surface area contributed by atoms with E-state index < -0.39 is 0 Å². The van der Waals surface area contributed by atoms with E-state index in [-0.39, 0.29) is 0 Å². The van der Waals surface area contributed by atoms with Crippen molar-refractivity contribution in [2.45, 2.75) is 19.9 Å². The summed E-state index contributed by atoms with van der Waals surface area (Å²) in [4.78, 5) is 9.74. The van der Waals surface area contributed by atoms with Crippen molar-refractivity contribution < 1.29 is 0 Å². The van der Waals surface area contributed by atoms with Gasteiger partial charge in [-0.25, -0.2) is 0 Å². The zero-order chi connectivity index (χ0) is 26.6. The lowest BCUT2D eigenvalue weighted by molar-refractivity contribution is 1.07. The molecule has 188 valence electrons. The molecule has 5 aromatic carbocycles. The molecule has 0 spiro atoms. The van der Waals surface area contributed by atoms with Crippen LogP contribution in [0.25, 0.3) is 28.0 Å². The second-order valence-electron chi connectivity index (χ2n) is 10.00. The number of aliphatic imine (C=N–C) groups is 2. The van der Waals surface area contributed by atoms with Crippen LogP contribution in [0.1, 0.15) is 27.8 Å². The average Bonchev–Trinajstić information content (AvgIpc) is 3.35. The summed E-state index contributed by atoms with van der Waals surface area (Å²) in [5.41, 5.74) is 13.8. The highest BCUT2D eigenvalue weighted by atomic mass is 14.8. The third-order valence-corrected chi connectivity index (χ3v) is 7.34. The van der Waals surface area contributed by atoms with E-state index in [1.54, 1.807) is 0 Å². The van der Waals surface area contributed by atoms with Crippen LogP contribution in [0.2, 0.25) is 0 Å². The molecule has 0 N–H and O–H groups in total. The quantitative estimate of drug-likeness (QED) is 0.207. The maximum absolute atomic E-state index is 5.16. The molecule has 6 rings (SSSR count). The Morgan fingerprint density at radius 1 is 0.667 bits per heavy atom. The Labute approximate surface area is 230 Å². The minimum Gasteiger partial charge on any atom is -0.280 e. The number of hydrogen-bond donors (Lipinski definition) is 0. The maximum atomic E-state index is 5.16. The van der Waals surface area contributed by atoms with Crippen LogP contribution in [-0.2, 0) is 13.0 Å². The molecule has 2 nitrogen and oxygen atoms in total. The predicted octanol–water partition coefficient (Wildman–Crippen LogP) is 8.99. The highest BCUT2D eigenvalue weighted by molar-refractivity contribution is 6.20. The number of allylic oxidation sites excluding steroid dienone is 1. The summed E-state index contributed by atoms with van der Waals surface area (Å²) in [5.74, 6) is 0. The average molecular weight is 503 g/mol. The number of hydrogen-bond acceptors (Lipinski definition) is 2. The molecule has 0 atom stereocenters. The second kappa shape index (κ2) is 10.9. The van der Waals surface area contributed by atoms with Crippen LogP contribution in [0.15, 0.2) is 143 Å². The SMILES string of the molecule is C=N/C(=C1/Cc2cc(-c3cccc(C)c3)ccc2C1=NCc1ccccc1)c1ccc(-c2ccccc2)cc1. The van der Waals surface area contributed by atoms with Gasteiger partial charge in [-0.3, -0.25) is 9.98 Å². The van der Waals surface area contributed by atoms with Gasteiger partial charge in [0.25, 0.3) is 0 Å². The van der Waals surface area contributed by atoms with Gasteiger partial charge in [0.2, 0.25) is 0 Å². The first-order valence-corrected chi connectivity index (χ1v) is 13.3. The van der Waals surface area contributed by atoms with E-state index >= 15 is 0 Å². The topological polar surface area (TPSA) is 24.7 Å². The zero-order valence-electron chi connectivity index (χ0n) is 22.1. The molecule has 2 heteroatoms. The largest absolute Gasteiger partial charge is 0.280 e. The molecule has 5 aromatic rings. The number of aryl methyl sites for hydroxylation is 1. The first kappa shape index (κ1) is 24.5. The van der Waals surface area contributed by atoms with E-state index in [9.17, 15) is 0 Å². The molecule has 0 unspecified atom stereocenters. The zero-order valence-corrected chi connectivity index (χ0v) is 22.1. The van der Waals surface area contributed by atoms with Gasteiger partial charge >= 0.3 is 0 Å². The van der Waals surface area contributed by atoms with Crippen LogP contribution in [0.3, 0.4) is 0 Å². The minimum atomic E-state index is 0.621. The van der Waals surface area contributed by atoms with Crippen molar-refractivity contribution in [2.24, 2.45) is 9.98 Å². The molecule has 1 aliphatic carbocycles. The predicted molar refractivity (Wildman–Crippen MR) is 165 cm³/mol. The molecule has 0 aliphatic heterocycles. The van der Waals surface area contributed by atoms with Gasteiger partial charge in [0.1, 0.15) is 0 Å². The Kier molecular flexibility index (Phi) is 6.84. The van der Waals surface area contributed by atoms with E-state index in [0.29, 0.717) is 6.54 Å². The molecule has 0 fully saturated rings. The molecular weight excluding hydrogens is 472 g/mol. The molecular formula is C37H30N2. The smallest absolute Gasteiger partial charge is 0.0751 e. The van der Waals surface area contributed by atoms with Gasteiger partial charge in [-0.2, -0.15) is 0 Å². The standard InChI is InChI=1S/C37H30N2/c1-26-10-9-15-31(22-26)32-20-21-34-33(23-32)24-35(37(34)39-25-27-11-5-3-6-12-27)36(38-2)30-18-16-29(17-19-30)28-13-7-4-8-14-28/h3-23H,2,24-25H2,1H3/b36-35-,39-37?. The minimum absolute atomic E-state index is 0.621. The summed E-state index contributed by atoms with van der Waals surface area (Å²) in [6, 6.07) is 44.9. The van der Waals surface area contributed by atoms with Crippen molar-refractivity contribution >= 4 is 18.1 Å². The third-order valence-electron chi connectivity index (χ3n) is 7.34. The van der Waals surface area contributed by atoms with Crippen LogP contribution in [-0.4, -0.2) is 12.4 Å². The summed E-state index contributed by atoms with van der Waals surface area (Å²) < 4.78 is 0. The number of nitrogens with zero attached hydrogens (tertiary/aromatic N) is 2. The Morgan fingerprint density at radius 2 is 1.31 bits per heavy atom. The van der Waals surface area contributed by atoms with E-state index in [1.807, 2.05) is 12.1 Å². The van der Waals surface area contributed by atoms with Gasteiger partial charge in [0.05, 0.1) is 18.0 Å². The fourth-order valence-electron chi connectivity index (χ4n) is 5.35. The van der Waals surface area contributed by atoms with Gasteiger partial charge in [-0.05, 0) is 47.0 Å². The Morgan fingerprint density at radius 3 is 2.03 bits per heavy atom. The number of rotatable bonds is 6. The first-order valence-electron chi connectivity index (χ1n) is 13.3. The summed E-state index contributed by atoms with van der Waals surface area (Å²) >= 11 is 0. The van der Waals surface area contributed by atoms with Crippen LogP contribution in [0, 0.1) is 6.92 Å². The first-order chi connectivity index (χ1) is 19.2. The molecule has 0 saturated carbocycles. The van der Waals surface area contributed by atoms with Gasteiger partial charge in [0.15, 0.2) is 0 Å². The van der Waals surface area contributed by atoms with Crippen molar-refractivity contribution in [1.82, 2.24) is 0 Å². The van der Waals surface area contributed by atoms with Crippen LogP contribution < -0.4 is 0 Å². The molecule has 1 aliphatic rings. The fourth-order valence-corrected chi connectivity index (χ4v) is 5.35. The molecule has 0 radical (unpaired) electrons. The lowest BCUT2D eigenvalue weighted by Crippen LogP contribution is -2.03. The molecule has 0 aromatic heterocycles. The van der Waals surface area contributed by atoms with E-state index in [2.05, 4.69) is 134 Å². The molecule has 0 bridgehead atoms. The van der Waals surface area contributed by atoms with Gasteiger partial charge in [-0.15, -0.1) is 0 Å². The summed E-state index contributed by atoms with van der Waals surface area (Å²) in [5, 5.41) is 0. The monoisotopic (exact) mass is 502 g/mol. The van der Waals surface area contributed by atoms with Crippen LogP contribution in [0.5, 0.6) is 0 Å². The van der Waals surface area contributed by atoms with E-state index in [1.165, 1.54) is 44.5 Å². The lowest BCUT2D eigenvalue weighted by atomic mass is 9.99. The van der Waals surface area contributed by atoms with Gasteiger partial charge in [-0.1, -0.05) is 133 Å². The van der Waals surface area contributed by atoms with Crippen LogP contribution in [0.4, 0.5) is 0 Å². The molecule has 0 saturated heterocycles. The van der Waals surface area contributed by atoms with E-state index in [4.69, 9.17) is 4.99 Å². The highest BCUT2D eigenvalue weighted by Crippen LogP contribution is 2.36. The maximum Gasteiger partial charge on any atom is 0.0751 e. The third kappa shape index (κ3) is 5.15. The van der Waals surface area contributed by atoms with E-state index in [0.717, 1.165) is 29.0 Å². The highest BCUT2D eigenvalue weighted by Gasteiger charge is 2.27. The Hall–Kier alpha value is -4.82. The Bertz CT molecular complexity index is 1690. The van der Waals surface area contributed by atoms with Gasteiger partial charge < -0.3 is 0 Å². The van der Waals surface area contributed by atoms with Crippen LogP contribution >= 0.6 is 0 Å². The molecule has 39 heavy (non-hydrogen) atoms.